The SMILES string of the molecule is CCN(CC)S(=O)(=O)c1ccc(CCC(=O)N(C)CC(C)(C)CN)cc1. The van der Waals surface area contributed by atoms with Crippen molar-refractivity contribution in [2.45, 2.75) is 45.4 Å². The Morgan fingerprint density at radius 1 is 1.12 bits per heavy atom. The van der Waals surface area contributed by atoms with Crippen molar-refractivity contribution in [1.82, 2.24) is 9.21 Å². The van der Waals surface area contributed by atoms with Crippen LogP contribution in [0.3, 0.4) is 0 Å². The van der Waals surface area contributed by atoms with Crippen LogP contribution in [-0.4, -0.2) is 56.8 Å². The highest BCUT2D eigenvalue weighted by Crippen LogP contribution is 2.18. The zero-order valence-corrected chi connectivity index (χ0v) is 17.5. The minimum absolute atomic E-state index is 0.0614. The summed E-state index contributed by atoms with van der Waals surface area (Å²) in [4.78, 5) is 14.3. The first-order chi connectivity index (χ1) is 12.1. The molecular weight excluding hydrogens is 350 g/mol. The summed E-state index contributed by atoms with van der Waals surface area (Å²) in [6, 6.07) is 6.81. The van der Waals surface area contributed by atoms with E-state index in [1.165, 1.54) is 4.31 Å². The average molecular weight is 384 g/mol. The normalized spacial score (nSPS) is 12.4. The van der Waals surface area contributed by atoms with Crippen molar-refractivity contribution in [2.24, 2.45) is 11.1 Å². The molecule has 148 valence electrons. The van der Waals surface area contributed by atoms with Crippen molar-refractivity contribution in [3.8, 4) is 0 Å². The molecule has 1 rings (SSSR count). The molecular formula is C19H33N3O3S. The number of hydrogen-bond acceptors (Lipinski definition) is 4. The second kappa shape index (κ2) is 9.48. The van der Waals surface area contributed by atoms with Crippen molar-refractivity contribution >= 4 is 15.9 Å². The zero-order chi connectivity index (χ0) is 20.0. The summed E-state index contributed by atoms with van der Waals surface area (Å²) in [6.07, 6.45) is 0.969. The molecule has 0 unspecified atom stereocenters. The molecule has 0 radical (unpaired) electrons. The molecule has 0 saturated carbocycles. The van der Waals surface area contributed by atoms with Gasteiger partial charge in [0.2, 0.25) is 15.9 Å². The van der Waals surface area contributed by atoms with Crippen LogP contribution in [0, 0.1) is 5.41 Å². The summed E-state index contributed by atoms with van der Waals surface area (Å²) < 4.78 is 26.4. The van der Waals surface area contributed by atoms with E-state index in [0.717, 1.165) is 5.56 Å². The Morgan fingerprint density at radius 2 is 1.65 bits per heavy atom. The van der Waals surface area contributed by atoms with Gasteiger partial charge >= 0.3 is 0 Å². The van der Waals surface area contributed by atoms with Crippen LogP contribution in [0.15, 0.2) is 29.2 Å². The van der Waals surface area contributed by atoms with Crippen molar-refractivity contribution in [1.29, 1.82) is 0 Å². The molecule has 0 atom stereocenters. The van der Waals surface area contributed by atoms with Crippen LogP contribution in [0.25, 0.3) is 0 Å². The molecule has 26 heavy (non-hydrogen) atoms. The van der Waals surface area contributed by atoms with Gasteiger partial charge < -0.3 is 10.6 Å². The summed E-state index contributed by atoms with van der Waals surface area (Å²) in [6.45, 7) is 9.74. The maximum absolute atomic E-state index is 12.5. The quantitative estimate of drug-likeness (QED) is 0.670. The Bertz CT molecular complexity index is 680. The predicted molar refractivity (Wildman–Crippen MR) is 105 cm³/mol. The van der Waals surface area contributed by atoms with Crippen LogP contribution in [0.1, 0.15) is 39.7 Å². The lowest BCUT2D eigenvalue weighted by Gasteiger charge is -2.29. The topological polar surface area (TPSA) is 83.7 Å². The van der Waals surface area contributed by atoms with Crippen molar-refractivity contribution in [3.63, 3.8) is 0 Å². The van der Waals surface area contributed by atoms with E-state index in [-0.39, 0.29) is 16.2 Å². The maximum Gasteiger partial charge on any atom is 0.243 e. The summed E-state index contributed by atoms with van der Waals surface area (Å²) >= 11 is 0. The lowest BCUT2D eigenvalue weighted by atomic mass is 9.93. The van der Waals surface area contributed by atoms with Gasteiger partial charge in [-0.15, -0.1) is 0 Å². The number of nitrogens with two attached hydrogens (primary N) is 1. The largest absolute Gasteiger partial charge is 0.345 e. The fraction of sp³-hybridized carbons (Fsp3) is 0.632. The predicted octanol–water partition coefficient (Wildman–Crippen LogP) is 2.09. The molecule has 0 spiro atoms. The molecule has 0 saturated heterocycles. The number of nitrogens with zero attached hydrogens (tertiary/aromatic N) is 2. The van der Waals surface area contributed by atoms with Crippen LogP contribution in [0.4, 0.5) is 0 Å². The Morgan fingerprint density at radius 3 is 2.12 bits per heavy atom. The molecule has 1 amide bonds. The van der Waals surface area contributed by atoms with Gasteiger partial charge in [0.15, 0.2) is 0 Å². The van der Waals surface area contributed by atoms with E-state index in [1.807, 2.05) is 27.7 Å². The highest BCUT2D eigenvalue weighted by molar-refractivity contribution is 7.89. The Balaban J connectivity index is 2.69. The smallest absolute Gasteiger partial charge is 0.243 e. The second-order valence-electron chi connectivity index (χ2n) is 7.35. The van der Waals surface area contributed by atoms with Gasteiger partial charge in [0.25, 0.3) is 0 Å². The van der Waals surface area contributed by atoms with Gasteiger partial charge in [-0.25, -0.2) is 8.42 Å². The Kier molecular flexibility index (Phi) is 8.24. The number of amides is 1. The number of carbonyl (C=O) groups is 1. The lowest BCUT2D eigenvalue weighted by Crippen LogP contribution is -2.39. The number of hydrogen-bond donors (Lipinski definition) is 1. The van der Waals surface area contributed by atoms with E-state index in [1.54, 1.807) is 36.2 Å². The first-order valence-electron chi connectivity index (χ1n) is 9.10. The lowest BCUT2D eigenvalue weighted by molar-refractivity contribution is -0.131. The highest BCUT2D eigenvalue weighted by atomic mass is 32.2. The fourth-order valence-corrected chi connectivity index (χ4v) is 4.24. The average Bonchev–Trinajstić information content (AvgIpc) is 2.60. The molecule has 0 aliphatic carbocycles. The first-order valence-corrected chi connectivity index (χ1v) is 10.5. The molecule has 0 aromatic heterocycles. The minimum Gasteiger partial charge on any atom is -0.345 e. The molecule has 0 heterocycles. The van der Waals surface area contributed by atoms with Gasteiger partial charge in [0.1, 0.15) is 0 Å². The minimum atomic E-state index is -3.44. The van der Waals surface area contributed by atoms with Crippen LogP contribution in [0.5, 0.6) is 0 Å². The van der Waals surface area contributed by atoms with Gasteiger partial charge in [0, 0.05) is 33.1 Å². The highest BCUT2D eigenvalue weighted by Gasteiger charge is 2.22. The van der Waals surface area contributed by atoms with E-state index in [2.05, 4.69) is 0 Å². The van der Waals surface area contributed by atoms with Gasteiger partial charge in [-0.1, -0.05) is 39.8 Å². The van der Waals surface area contributed by atoms with Crippen molar-refractivity contribution in [3.05, 3.63) is 29.8 Å². The second-order valence-corrected chi connectivity index (χ2v) is 9.29. The van der Waals surface area contributed by atoms with Crippen molar-refractivity contribution < 1.29 is 13.2 Å². The first kappa shape index (κ1) is 22.6. The van der Waals surface area contributed by atoms with Gasteiger partial charge in [-0.2, -0.15) is 4.31 Å². The Labute approximate surface area is 158 Å². The maximum atomic E-state index is 12.5. The van der Waals surface area contributed by atoms with Crippen LogP contribution in [-0.2, 0) is 21.2 Å². The summed E-state index contributed by atoms with van der Waals surface area (Å²) in [5.41, 5.74) is 6.56. The number of benzene rings is 1. The number of sulfonamides is 1. The van der Waals surface area contributed by atoms with Gasteiger partial charge in [-0.3, -0.25) is 4.79 Å². The molecule has 0 aliphatic rings. The molecule has 1 aromatic carbocycles. The molecule has 0 bridgehead atoms. The summed E-state index contributed by atoms with van der Waals surface area (Å²) in [5.74, 6) is 0.0614. The molecule has 2 N–H and O–H groups in total. The summed E-state index contributed by atoms with van der Waals surface area (Å²) in [5, 5.41) is 0. The van der Waals surface area contributed by atoms with Gasteiger partial charge in [-0.05, 0) is 36.1 Å². The number of rotatable bonds is 10. The summed E-state index contributed by atoms with van der Waals surface area (Å²) in [7, 11) is -1.65. The molecule has 0 aliphatic heterocycles. The number of aryl methyl sites for hydroxylation is 1. The third-order valence-corrected chi connectivity index (χ3v) is 6.60. The van der Waals surface area contributed by atoms with Gasteiger partial charge in [0.05, 0.1) is 4.90 Å². The van der Waals surface area contributed by atoms with E-state index >= 15 is 0 Å². The molecule has 1 aromatic rings. The molecule has 7 heteroatoms. The van der Waals surface area contributed by atoms with Crippen LogP contribution in [0.2, 0.25) is 0 Å². The van der Waals surface area contributed by atoms with Crippen molar-refractivity contribution in [2.75, 3.05) is 33.2 Å². The third kappa shape index (κ3) is 6.07. The fourth-order valence-electron chi connectivity index (χ4n) is 2.78. The van der Waals surface area contributed by atoms with Crippen LogP contribution >= 0.6 is 0 Å². The van der Waals surface area contributed by atoms with E-state index < -0.39 is 10.0 Å². The standard InChI is InChI=1S/C19H33N3O3S/c1-6-22(7-2)26(24,25)17-11-8-16(9-12-17)10-13-18(23)21(5)15-19(3,4)14-20/h8-9,11-12H,6-7,10,13-15,20H2,1-5H3. The Hall–Kier alpha value is -1.44. The molecule has 0 fully saturated rings. The number of carbonyl (C=O) groups excluding carboxylic acids is 1. The monoisotopic (exact) mass is 383 g/mol. The third-order valence-electron chi connectivity index (χ3n) is 4.54. The van der Waals surface area contributed by atoms with E-state index in [9.17, 15) is 13.2 Å². The zero-order valence-electron chi connectivity index (χ0n) is 16.7. The van der Waals surface area contributed by atoms with E-state index in [0.29, 0.717) is 39.0 Å². The van der Waals surface area contributed by atoms with Crippen LogP contribution < -0.4 is 5.73 Å². The molecule has 6 nitrogen and oxygen atoms in total. The van der Waals surface area contributed by atoms with E-state index in [4.69, 9.17) is 5.73 Å².